The molecular weight excluding hydrogens is 310 g/mol. The second-order valence-corrected chi connectivity index (χ2v) is 7.92. The summed E-state index contributed by atoms with van der Waals surface area (Å²) >= 11 is 1.51. The van der Waals surface area contributed by atoms with Gasteiger partial charge >= 0.3 is 0 Å². The minimum Gasteiger partial charge on any atom is -0.373 e. The molecule has 1 aromatic rings. The van der Waals surface area contributed by atoms with E-state index in [0.717, 1.165) is 28.7 Å². The average Bonchev–Trinajstić information content (AvgIpc) is 2.85. The van der Waals surface area contributed by atoms with E-state index in [9.17, 15) is 4.79 Å². The number of nitrogens with zero attached hydrogens (tertiary/aromatic N) is 2. The van der Waals surface area contributed by atoms with E-state index >= 15 is 0 Å². The number of morpholine rings is 1. The summed E-state index contributed by atoms with van der Waals surface area (Å²) in [5, 5.41) is 4.09. The molecule has 2 rings (SSSR count). The molecule has 23 heavy (non-hydrogen) atoms. The number of aromatic nitrogens is 1. The van der Waals surface area contributed by atoms with Crippen LogP contribution in [0.5, 0.6) is 0 Å². The molecular formula is C17H29N3O2S. The van der Waals surface area contributed by atoms with Gasteiger partial charge in [0, 0.05) is 31.6 Å². The Hall–Kier alpha value is -0.980. The fourth-order valence-electron chi connectivity index (χ4n) is 2.90. The number of hydrogen-bond donors (Lipinski definition) is 1. The van der Waals surface area contributed by atoms with Gasteiger partial charge in [0.15, 0.2) is 0 Å². The van der Waals surface area contributed by atoms with E-state index in [4.69, 9.17) is 4.74 Å². The SMILES string of the molecule is Cc1nc(C(C)C)sc1C(=O)NC[C@@H](C)N1C[C@@H](C)O[C@@H](C)C1. The minimum atomic E-state index is -0.00638. The Bertz CT molecular complexity index is 534. The highest BCUT2D eigenvalue weighted by Gasteiger charge is 2.26. The molecule has 0 unspecified atom stereocenters. The molecule has 1 fully saturated rings. The van der Waals surface area contributed by atoms with Crippen LogP contribution in [-0.4, -0.2) is 53.7 Å². The van der Waals surface area contributed by atoms with Crippen LogP contribution in [0.4, 0.5) is 0 Å². The smallest absolute Gasteiger partial charge is 0.263 e. The van der Waals surface area contributed by atoms with Crippen molar-refractivity contribution in [2.75, 3.05) is 19.6 Å². The molecule has 1 N–H and O–H groups in total. The van der Waals surface area contributed by atoms with Gasteiger partial charge in [-0.3, -0.25) is 9.69 Å². The van der Waals surface area contributed by atoms with Crippen LogP contribution in [0.25, 0.3) is 0 Å². The normalized spacial score (nSPS) is 24.0. The second kappa shape index (κ2) is 7.73. The van der Waals surface area contributed by atoms with E-state index in [1.54, 1.807) is 0 Å². The molecule has 1 aliphatic rings. The lowest BCUT2D eigenvalue weighted by Crippen LogP contribution is -2.52. The minimum absolute atomic E-state index is 0.00638. The van der Waals surface area contributed by atoms with E-state index in [1.807, 2.05) is 6.92 Å². The lowest BCUT2D eigenvalue weighted by molar-refractivity contribution is -0.0778. The Morgan fingerprint density at radius 2 is 1.96 bits per heavy atom. The number of amides is 1. The van der Waals surface area contributed by atoms with Crippen molar-refractivity contribution in [1.29, 1.82) is 0 Å². The number of thiazole rings is 1. The van der Waals surface area contributed by atoms with E-state index in [2.05, 4.69) is 49.8 Å². The number of carbonyl (C=O) groups excluding carboxylic acids is 1. The number of aryl methyl sites for hydroxylation is 1. The van der Waals surface area contributed by atoms with E-state index in [0.29, 0.717) is 18.5 Å². The number of carbonyl (C=O) groups is 1. The van der Waals surface area contributed by atoms with Crippen LogP contribution in [0.2, 0.25) is 0 Å². The fourth-order valence-corrected chi connectivity index (χ4v) is 3.89. The van der Waals surface area contributed by atoms with Crippen LogP contribution in [0.15, 0.2) is 0 Å². The van der Waals surface area contributed by atoms with Crippen molar-refractivity contribution >= 4 is 17.2 Å². The van der Waals surface area contributed by atoms with Gasteiger partial charge in [-0.1, -0.05) is 13.8 Å². The van der Waals surface area contributed by atoms with Crippen LogP contribution in [-0.2, 0) is 4.74 Å². The lowest BCUT2D eigenvalue weighted by atomic mass is 10.1. The van der Waals surface area contributed by atoms with E-state index < -0.39 is 0 Å². The Balaban J connectivity index is 1.91. The number of hydrogen-bond acceptors (Lipinski definition) is 5. The topological polar surface area (TPSA) is 54.5 Å². The Morgan fingerprint density at radius 1 is 1.35 bits per heavy atom. The Labute approximate surface area is 143 Å². The van der Waals surface area contributed by atoms with Crippen LogP contribution in [0.1, 0.15) is 60.9 Å². The van der Waals surface area contributed by atoms with Crippen LogP contribution in [0.3, 0.4) is 0 Å². The molecule has 0 spiro atoms. The summed E-state index contributed by atoms with van der Waals surface area (Å²) in [6.07, 6.45) is 0.489. The lowest BCUT2D eigenvalue weighted by Gasteiger charge is -2.38. The zero-order chi connectivity index (χ0) is 17.1. The third-order valence-electron chi connectivity index (χ3n) is 4.14. The molecule has 1 saturated heterocycles. The first-order chi connectivity index (χ1) is 10.8. The molecule has 0 radical (unpaired) electrons. The van der Waals surface area contributed by atoms with Gasteiger partial charge in [-0.25, -0.2) is 4.98 Å². The van der Waals surface area contributed by atoms with Crippen molar-refractivity contribution in [2.45, 2.75) is 65.7 Å². The van der Waals surface area contributed by atoms with E-state index in [-0.39, 0.29) is 18.1 Å². The van der Waals surface area contributed by atoms with Crippen molar-refractivity contribution in [3.8, 4) is 0 Å². The molecule has 1 aromatic heterocycles. The summed E-state index contributed by atoms with van der Waals surface area (Å²) in [5.74, 6) is 0.351. The zero-order valence-corrected chi connectivity index (χ0v) is 15.9. The fraction of sp³-hybridized carbons (Fsp3) is 0.765. The highest BCUT2D eigenvalue weighted by molar-refractivity contribution is 7.13. The molecule has 1 amide bonds. The van der Waals surface area contributed by atoms with E-state index in [1.165, 1.54) is 11.3 Å². The average molecular weight is 340 g/mol. The highest BCUT2D eigenvalue weighted by atomic mass is 32.1. The first kappa shape index (κ1) is 18.4. The molecule has 130 valence electrons. The predicted molar refractivity (Wildman–Crippen MR) is 94.3 cm³/mol. The van der Waals surface area contributed by atoms with Crippen LogP contribution >= 0.6 is 11.3 Å². The van der Waals surface area contributed by atoms with Gasteiger partial charge in [0.1, 0.15) is 4.88 Å². The Kier molecular flexibility index (Phi) is 6.17. The molecule has 0 aromatic carbocycles. The monoisotopic (exact) mass is 339 g/mol. The summed E-state index contributed by atoms with van der Waals surface area (Å²) in [7, 11) is 0. The second-order valence-electron chi connectivity index (χ2n) is 6.89. The van der Waals surface area contributed by atoms with Gasteiger partial charge in [0.25, 0.3) is 5.91 Å². The van der Waals surface area contributed by atoms with Crippen molar-refractivity contribution in [3.05, 3.63) is 15.6 Å². The Morgan fingerprint density at radius 3 is 2.48 bits per heavy atom. The largest absolute Gasteiger partial charge is 0.373 e. The third kappa shape index (κ3) is 4.75. The van der Waals surface area contributed by atoms with Gasteiger partial charge < -0.3 is 10.1 Å². The summed E-state index contributed by atoms with van der Waals surface area (Å²) < 4.78 is 5.77. The van der Waals surface area contributed by atoms with Gasteiger partial charge in [0.2, 0.25) is 0 Å². The summed E-state index contributed by atoms with van der Waals surface area (Å²) in [4.78, 5) is 20.1. The standard InChI is InChI=1S/C17H29N3O2S/c1-10(2)17-19-14(6)15(23-17)16(21)18-7-11(3)20-8-12(4)22-13(5)9-20/h10-13H,7-9H2,1-6H3,(H,18,21)/t11-,12-,13+/m1/s1. The van der Waals surface area contributed by atoms with Crippen molar-refractivity contribution < 1.29 is 9.53 Å². The maximum Gasteiger partial charge on any atom is 0.263 e. The van der Waals surface area contributed by atoms with Crippen LogP contribution < -0.4 is 5.32 Å². The summed E-state index contributed by atoms with van der Waals surface area (Å²) in [6.45, 7) is 14.9. The van der Waals surface area contributed by atoms with Crippen molar-refractivity contribution in [3.63, 3.8) is 0 Å². The maximum atomic E-state index is 12.4. The van der Waals surface area contributed by atoms with Crippen molar-refractivity contribution in [2.24, 2.45) is 0 Å². The summed E-state index contributed by atoms with van der Waals surface area (Å²) in [6, 6.07) is 0.297. The van der Waals surface area contributed by atoms with Gasteiger partial charge in [0.05, 0.1) is 22.9 Å². The van der Waals surface area contributed by atoms with Crippen molar-refractivity contribution in [1.82, 2.24) is 15.2 Å². The molecule has 3 atom stereocenters. The zero-order valence-electron chi connectivity index (χ0n) is 15.0. The quantitative estimate of drug-likeness (QED) is 0.896. The molecule has 0 saturated carbocycles. The molecule has 5 nitrogen and oxygen atoms in total. The first-order valence-electron chi connectivity index (χ1n) is 8.43. The number of rotatable bonds is 5. The molecule has 1 aliphatic heterocycles. The maximum absolute atomic E-state index is 12.4. The van der Waals surface area contributed by atoms with Gasteiger partial charge in [-0.15, -0.1) is 11.3 Å². The molecule has 0 bridgehead atoms. The van der Waals surface area contributed by atoms with Crippen LogP contribution in [0, 0.1) is 6.92 Å². The molecule has 0 aliphatic carbocycles. The molecule has 2 heterocycles. The third-order valence-corrected chi connectivity index (χ3v) is 5.60. The van der Waals surface area contributed by atoms with Gasteiger partial charge in [-0.2, -0.15) is 0 Å². The number of ether oxygens (including phenoxy) is 1. The number of nitrogens with one attached hydrogen (secondary N) is 1. The first-order valence-corrected chi connectivity index (χ1v) is 9.24. The highest BCUT2D eigenvalue weighted by Crippen LogP contribution is 2.24. The molecule has 6 heteroatoms. The van der Waals surface area contributed by atoms with Gasteiger partial charge in [-0.05, 0) is 27.7 Å². The predicted octanol–water partition coefficient (Wildman–Crippen LogP) is 2.80. The summed E-state index contributed by atoms with van der Waals surface area (Å²) in [5.41, 5.74) is 0.831.